The molecule has 1 amide bonds. The second-order valence-electron chi connectivity index (χ2n) is 7.17. The van der Waals surface area contributed by atoms with E-state index in [4.69, 9.17) is 9.47 Å². The fourth-order valence-corrected chi connectivity index (χ4v) is 3.20. The summed E-state index contributed by atoms with van der Waals surface area (Å²) in [5.41, 5.74) is -0.577. The van der Waals surface area contributed by atoms with E-state index < -0.39 is 23.6 Å². The van der Waals surface area contributed by atoms with Gasteiger partial charge in [-0.1, -0.05) is 0 Å². The Bertz CT molecular complexity index is 491. The molecule has 2 bridgehead atoms. The highest BCUT2D eigenvalue weighted by Gasteiger charge is 2.50. The molecular weight excluding hydrogens is 300 g/mol. The second-order valence-corrected chi connectivity index (χ2v) is 7.17. The lowest BCUT2D eigenvalue weighted by molar-refractivity contribution is -0.161. The standard InChI is InChI=1S/C16H26N2O5/c1-6-22-14(20)13-11-9-18(15(21)23-16(2,3)4)8-10(17(11)5)7-12(13)19/h10-11,13H,6-9H2,1-5H3/t10-,11-,13-/m0/s1. The van der Waals surface area contributed by atoms with Crippen LogP contribution in [0.25, 0.3) is 0 Å². The molecule has 7 heteroatoms. The van der Waals surface area contributed by atoms with Crippen LogP contribution in [0.15, 0.2) is 0 Å². The number of hydrogen-bond donors (Lipinski definition) is 0. The van der Waals surface area contributed by atoms with E-state index >= 15 is 0 Å². The molecule has 2 aliphatic rings. The number of likely N-dealkylation sites (tertiary alicyclic amines) is 1. The van der Waals surface area contributed by atoms with Gasteiger partial charge in [-0.15, -0.1) is 0 Å². The van der Waals surface area contributed by atoms with Crippen molar-refractivity contribution in [3.05, 3.63) is 0 Å². The van der Waals surface area contributed by atoms with Crippen molar-refractivity contribution in [2.24, 2.45) is 5.92 Å². The average molecular weight is 326 g/mol. The normalized spacial score (nSPS) is 28.5. The molecule has 2 heterocycles. The number of piperazine rings is 1. The zero-order chi connectivity index (χ0) is 17.4. The Morgan fingerprint density at radius 3 is 2.48 bits per heavy atom. The number of rotatable bonds is 2. The lowest BCUT2D eigenvalue weighted by Gasteiger charge is -2.49. The van der Waals surface area contributed by atoms with Gasteiger partial charge in [0.05, 0.1) is 6.61 Å². The lowest BCUT2D eigenvalue weighted by Crippen LogP contribution is -2.67. The number of carbonyl (C=O) groups is 3. The average Bonchev–Trinajstić information content (AvgIpc) is 2.38. The van der Waals surface area contributed by atoms with Crippen LogP contribution in [0, 0.1) is 5.92 Å². The third kappa shape index (κ3) is 3.83. The highest BCUT2D eigenvalue weighted by atomic mass is 16.6. The number of ether oxygens (including phenoxy) is 2. The van der Waals surface area contributed by atoms with E-state index in [0.29, 0.717) is 6.54 Å². The van der Waals surface area contributed by atoms with Crippen molar-refractivity contribution in [2.75, 3.05) is 26.7 Å². The van der Waals surface area contributed by atoms with Gasteiger partial charge < -0.3 is 14.4 Å². The number of amides is 1. The summed E-state index contributed by atoms with van der Waals surface area (Å²) in [4.78, 5) is 40.4. The SMILES string of the molecule is CCOC(=O)[C@@H]1C(=O)C[C@H]2CN(C(=O)OC(C)(C)C)C[C@@H]1N2C. The molecule has 3 atom stereocenters. The number of carbonyl (C=O) groups excluding carboxylic acids is 3. The highest BCUT2D eigenvalue weighted by molar-refractivity contribution is 6.01. The summed E-state index contributed by atoms with van der Waals surface area (Å²) >= 11 is 0. The first kappa shape index (κ1) is 17.7. The smallest absolute Gasteiger partial charge is 0.410 e. The molecule has 2 aliphatic heterocycles. The molecule has 2 rings (SSSR count). The zero-order valence-electron chi connectivity index (χ0n) is 14.5. The van der Waals surface area contributed by atoms with Crippen molar-refractivity contribution >= 4 is 17.8 Å². The van der Waals surface area contributed by atoms with Crippen LogP contribution in [0.5, 0.6) is 0 Å². The number of fused-ring (bicyclic) bond motifs is 2. The van der Waals surface area contributed by atoms with Gasteiger partial charge in [0.25, 0.3) is 0 Å². The van der Waals surface area contributed by atoms with Gasteiger partial charge in [0.2, 0.25) is 0 Å². The van der Waals surface area contributed by atoms with Crippen LogP contribution < -0.4 is 0 Å². The van der Waals surface area contributed by atoms with E-state index in [9.17, 15) is 14.4 Å². The topological polar surface area (TPSA) is 76.2 Å². The van der Waals surface area contributed by atoms with E-state index in [1.165, 1.54) is 0 Å². The number of nitrogens with zero attached hydrogens (tertiary/aromatic N) is 2. The van der Waals surface area contributed by atoms with Crippen LogP contribution in [0.3, 0.4) is 0 Å². The monoisotopic (exact) mass is 326 g/mol. The minimum absolute atomic E-state index is 0.0838. The number of piperidine rings is 1. The second kappa shape index (κ2) is 6.47. The van der Waals surface area contributed by atoms with Crippen LogP contribution in [-0.4, -0.2) is 72.1 Å². The molecule has 2 saturated heterocycles. The summed E-state index contributed by atoms with van der Waals surface area (Å²) in [5.74, 6) is -1.43. The van der Waals surface area contributed by atoms with Gasteiger partial charge in [-0.3, -0.25) is 14.5 Å². The molecule has 0 aromatic heterocycles. The zero-order valence-corrected chi connectivity index (χ0v) is 14.5. The van der Waals surface area contributed by atoms with Gasteiger partial charge in [0.15, 0.2) is 0 Å². The molecule has 0 aliphatic carbocycles. The first-order valence-electron chi connectivity index (χ1n) is 8.03. The van der Waals surface area contributed by atoms with E-state index in [1.54, 1.807) is 11.8 Å². The molecule has 0 saturated carbocycles. The molecule has 2 fully saturated rings. The van der Waals surface area contributed by atoms with Crippen molar-refractivity contribution in [3.8, 4) is 0 Å². The van der Waals surface area contributed by atoms with Crippen LogP contribution in [0.2, 0.25) is 0 Å². The van der Waals surface area contributed by atoms with Gasteiger partial charge in [-0.2, -0.15) is 0 Å². The van der Waals surface area contributed by atoms with Crippen molar-refractivity contribution in [1.82, 2.24) is 9.80 Å². The Morgan fingerprint density at radius 2 is 1.91 bits per heavy atom. The van der Waals surface area contributed by atoms with Crippen LogP contribution in [0.4, 0.5) is 4.79 Å². The van der Waals surface area contributed by atoms with Crippen molar-refractivity contribution in [3.63, 3.8) is 0 Å². The quantitative estimate of drug-likeness (QED) is 0.558. The molecule has 7 nitrogen and oxygen atoms in total. The Morgan fingerprint density at radius 1 is 1.26 bits per heavy atom. The van der Waals surface area contributed by atoms with Crippen LogP contribution in [-0.2, 0) is 19.1 Å². The minimum Gasteiger partial charge on any atom is -0.465 e. The maximum Gasteiger partial charge on any atom is 0.410 e. The number of Topliss-reactive ketones (excluding diaryl/α,β-unsaturated/α-hetero) is 1. The summed E-state index contributed by atoms with van der Waals surface area (Å²) in [6, 6.07) is -0.444. The predicted molar refractivity (Wildman–Crippen MR) is 82.9 cm³/mol. The maximum absolute atomic E-state index is 12.3. The fourth-order valence-electron chi connectivity index (χ4n) is 3.20. The summed E-state index contributed by atoms with van der Waals surface area (Å²) in [6.07, 6.45) is -0.159. The largest absolute Gasteiger partial charge is 0.465 e. The Labute approximate surface area is 136 Å². The van der Waals surface area contributed by atoms with Gasteiger partial charge >= 0.3 is 12.1 Å². The molecule has 0 aromatic carbocycles. The molecule has 0 radical (unpaired) electrons. The van der Waals surface area contributed by atoms with E-state index in [2.05, 4.69) is 0 Å². The predicted octanol–water partition coefficient (Wildman–Crippen LogP) is 1.06. The Kier molecular flexibility index (Phi) is 4.98. The van der Waals surface area contributed by atoms with Gasteiger partial charge in [-0.05, 0) is 34.7 Å². The number of likely N-dealkylation sites (N-methyl/N-ethyl adjacent to an activating group) is 1. The van der Waals surface area contributed by atoms with E-state index in [-0.39, 0.29) is 37.4 Å². The van der Waals surface area contributed by atoms with E-state index in [0.717, 1.165) is 0 Å². The van der Waals surface area contributed by atoms with Crippen LogP contribution >= 0.6 is 0 Å². The third-order valence-corrected chi connectivity index (χ3v) is 4.30. The Balaban J connectivity index is 2.16. The van der Waals surface area contributed by atoms with Gasteiger partial charge in [0.1, 0.15) is 17.3 Å². The molecule has 0 unspecified atom stereocenters. The highest BCUT2D eigenvalue weighted by Crippen LogP contribution is 2.31. The summed E-state index contributed by atoms with van der Waals surface area (Å²) in [5, 5.41) is 0. The Hall–Kier alpha value is -1.63. The van der Waals surface area contributed by atoms with Crippen molar-refractivity contribution < 1.29 is 23.9 Å². The molecule has 0 spiro atoms. The molecule has 130 valence electrons. The first-order chi connectivity index (χ1) is 10.6. The maximum atomic E-state index is 12.3. The fraction of sp³-hybridized carbons (Fsp3) is 0.812. The van der Waals surface area contributed by atoms with Gasteiger partial charge in [-0.25, -0.2) is 4.79 Å². The molecule has 0 aromatic rings. The summed E-state index contributed by atoms with van der Waals surface area (Å²) in [6.45, 7) is 8.11. The molecule has 23 heavy (non-hydrogen) atoms. The summed E-state index contributed by atoms with van der Waals surface area (Å²) in [7, 11) is 1.89. The van der Waals surface area contributed by atoms with Crippen LogP contribution in [0.1, 0.15) is 34.1 Å². The number of ketones is 1. The summed E-state index contributed by atoms with van der Waals surface area (Å²) < 4.78 is 10.5. The van der Waals surface area contributed by atoms with Crippen molar-refractivity contribution in [2.45, 2.75) is 51.8 Å². The number of esters is 1. The lowest BCUT2D eigenvalue weighted by atomic mass is 9.81. The van der Waals surface area contributed by atoms with E-state index in [1.807, 2.05) is 32.7 Å². The minimum atomic E-state index is -0.832. The first-order valence-corrected chi connectivity index (χ1v) is 8.03. The van der Waals surface area contributed by atoms with Crippen molar-refractivity contribution in [1.29, 1.82) is 0 Å². The number of hydrogen-bond acceptors (Lipinski definition) is 6. The molecular formula is C16H26N2O5. The molecule has 0 N–H and O–H groups in total. The van der Waals surface area contributed by atoms with Gasteiger partial charge in [0, 0.05) is 31.6 Å². The third-order valence-electron chi connectivity index (χ3n) is 4.30.